The molecule has 0 aromatic carbocycles. The van der Waals surface area contributed by atoms with Crippen LogP contribution in [-0.2, 0) is 9.84 Å². The van der Waals surface area contributed by atoms with E-state index in [1.165, 1.54) is 0 Å². The Kier molecular flexibility index (Phi) is 6.36. The van der Waals surface area contributed by atoms with E-state index in [0.717, 1.165) is 13.0 Å². The lowest BCUT2D eigenvalue weighted by Gasteiger charge is -2.09. The van der Waals surface area contributed by atoms with Gasteiger partial charge in [-0.05, 0) is 32.7 Å². The molecule has 0 saturated carbocycles. The van der Waals surface area contributed by atoms with Crippen LogP contribution in [0.5, 0.6) is 0 Å². The molecule has 0 aromatic heterocycles. The maximum absolute atomic E-state index is 11.4. The van der Waals surface area contributed by atoms with Crippen molar-refractivity contribution in [2.24, 2.45) is 5.92 Å². The molecule has 0 atom stereocenters. The molecule has 0 bridgehead atoms. The van der Waals surface area contributed by atoms with Gasteiger partial charge in [0.25, 0.3) is 0 Å². The Hall–Kier alpha value is -0.0900. The molecule has 0 rings (SSSR count). The minimum absolute atomic E-state index is 0.253. The van der Waals surface area contributed by atoms with Gasteiger partial charge in [0.1, 0.15) is 0 Å². The predicted octanol–water partition coefficient (Wildman–Crippen LogP) is 1.45. The van der Waals surface area contributed by atoms with E-state index in [-0.39, 0.29) is 11.0 Å². The lowest BCUT2D eigenvalue weighted by Crippen LogP contribution is -2.28. The zero-order chi connectivity index (χ0) is 11.2. The summed E-state index contributed by atoms with van der Waals surface area (Å²) >= 11 is 0. The molecule has 86 valence electrons. The normalized spacial score (nSPS) is 12.7. The number of hydrogen-bond donors (Lipinski definition) is 1. The van der Waals surface area contributed by atoms with Gasteiger partial charge in [-0.2, -0.15) is 0 Å². The highest BCUT2D eigenvalue weighted by Gasteiger charge is 2.14. The minimum Gasteiger partial charge on any atom is -0.316 e. The first-order valence-corrected chi connectivity index (χ1v) is 7.00. The van der Waals surface area contributed by atoms with Gasteiger partial charge in [0.2, 0.25) is 0 Å². The Morgan fingerprint density at radius 1 is 1.07 bits per heavy atom. The zero-order valence-electron chi connectivity index (χ0n) is 9.71. The van der Waals surface area contributed by atoms with E-state index in [0.29, 0.717) is 12.5 Å². The molecular weight excluding hydrogens is 198 g/mol. The fourth-order valence-electron chi connectivity index (χ4n) is 0.966. The van der Waals surface area contributed by atoms with Crippen LogP contribution in [0.25, 0.3) is 0 Å². The topological polar surface area (TPSA) is 46.2 Å². The van der Waals surface area contributed by atoms with Gasteiger partial charge in [0, 0.05) is 6.54 Å². The number of rotatable bonds is 7. The second kappa shape index (κ2) is 6.40. The van der Waals surface area contributed by atoms with Gasteiger partial charge < -0.3 is 5.32 Å². The van der Waals surface area contributed by atoms with Crippen molar-refractivity contribution in [3.05, 3.63) is 0 Å². The van der Waals surface area contributed by atoms with Crippen molar-refractivity contribution in [1.29, 1.82) is 0 Å². The first-order chi connectivity index (χ1) is 6.36. The Labute approximate surface area is 88.2 Å². The summed E-state index contributed by atoms with van der Waals surface area (Å²) < 4.78 is 22.8. The molecule has 0 amide bonds. The van der Waals surface area contributed by atoms with Crippen molar-refractivity contribution < 1.29 is 8.42 Å². The predicted molar refractivity (Wildman–Crippen MR) is 61.2 cm³/mol. The molecular formula is C10H23NO2S. The average molecular weight is 221 g/mol. The van der Waals surface area contributed by atoms with Crippen LogP contribution in [0.4, 0.5) is 0 Å². The maximum Gasteiger partial charge on any atom is 0.153 e. The second-order valence-electron chi connectivity index (χ2n) is 4.35. The van der Waals surface area contributed by atoms with Crippen molar-refractivity contribution in [2.75, 3.05) is 18.8 Å². The molecule has 0 aromatic rings. The van der Waals surface area contributed by atoms with E-state index in [4.69, 9.17) is 0 Å². The molecule has 14 heavy (non-hydrogen) atoms. The van der Waals surface area contributed by atoms with Crippen molar-refractivity contribution >= 4 is 9.84 Å². The van der Waals surface area contributed by atoms with Crippen LogP contribution in [0.1, 0.15) is 34.1 Å². The van der Waals surface area contributed by atoms with E-state index < -0.39 is 9.84 Å². The third-order valence-electron chi connectivity index (χ3n) is 2.18. The van der Waals surface area contributed by atoms with Gasteiger partial charge >= 0.3 is 0 Å². The molecule has 3 nitrogen and oxygen atoms in total. The summed E-state index contributed by atoms with van der Waals surface area (Å²) in [5.41, 5.74) is 0. The number of hydrogen-bond acceptors (Lipinski definition) is 3. The molecule has 0 aliphatic rings. The average Bonchev–Trinajstić information content (AvgIpc) is 2.02. The summed E-state index contributed by atoms with van der Waals surface area (Å²) in [6.45, 7) is 9.25. The van der Waals surface area contributed by atoms with Crippen LogP contribution in [0.3, 0.4) is 0 Å². The molecule has 1 N–H and O–H groups in total. The Balaban J connectivity index is 3.55. The standard InChI is InChI=1S/C10H23NO2S/c1-9(2)5-6-11-7-8-14(12,13)10(3)4/h9-11H,5-8H2,1-4H3. The fraction of sp³-hybridized carbons (Fsp3) is 1.00. The molecule has 0 spiro atoms. The highest BCUT2D eigenvalue weighted by atomic mass is 32.2. The maximum atomic E-state index is 11.4. The summed E-state index contributed by atoms with van der Waals surface area (Å²) in [5, 5.41) is 2.89. The number of sulfone groups is 1. The van der Waals surface area contributed by atoms with Gasteiger partial charge in [-0.1, -0.05) is 13.8 Å². The quantitative estimate of drug-likeness (QED) is 0.662. The highest BCUT2D eigenvalue weighted by molar-refractivity contribution is 7.92. The molecule has 0 heterocycles. The number of nitrogens with one attached hydrogen (secondary N) is 1. The van der Waals surface area contributed by atoms with Crippen LogP contribution in [-0.4, -0.2) is 32.5 Å². The Bertz CT molecular complexity index is 233. The van der Waals surface area contributed by atoms with Crippen molar-refractivity contribution in [2.45, 2.75) is 39.4 Å². The van der Waals surface area contributed by atoms with E-state index >= 15 is 0 Å². The lowest BCUT2D eigenvalue weighted by molar-refractivity contribution is 0.542. The molecule has 0 unspecified atom stereocenters. The zero-order valence-corrected chi connectivity index (χ0v) is 10.5. The van der Waals surface area contributed by atoms with E-state index in [9.17, 15) is 8.42 Å². The van der Waals surface area contributed by atoms with Gasteiger partial charge in [-0.25, -0.2) is 8.42 Å². The lowest BCUT2D eigenvalue weighted by atomic mass is 10.1. The largest absolute Gasteiger partial charge is 0.316 e. The molecule has 0 aliphatic carbocycles. The van der Waals surface area contributed by atoms with Crippen LogP contribution in [0, 0.1) is 5.92 Å². The minimum atomic E-state index is -2.86. The summed E-state index contributed by atoms with van der Waals surface area (Å²) in [6, 6.07) is 0. The second-order valence-corrected chi connectivity index (χ2v) is 7.03. The van der Waals surface area contributed by atoms with Crippen LogP contribution in [0.2, 0.25) is 0 Å². The van der Waals surface area contributed by atoms with Gasteiger partial charge in [-0.3, -0.25) is 0 Å². The monoisotopic (exact) mass is 221 g/mol. The summed E-state index contributed by atoms with van der Waals surface area (Å²) in [5.74, 6) is 0.923. The van der Waals surface area contributed by atoms with Gasteiger partial charge in [0.15, 0.2) is 9.84 Å². The molecule has 0 fully saturated rings. The summed E-state index contributed by atoms with van der Waals surface area (Å²) in [4.78, 5) is 0. The van der Waals surface area contributed by atoms with Crippen molar-refractivity contribution in [1.82, 2.24) is 5.32 Å². The Morgan fingerprint density at radius 3 is 2.07 bits per heavy atom. The van der Waals surface area contributed by atoms with Crippen LogP contribution >= 0.6 is 0 Å². The summed E-state index contributed by atoms with van der Waals surface area (Å²) in [6.07, 6.45) is 1.10. The molecule has 0 saturated heterocycles. The SMILES string of the molecule is CC(C)CCNCCS(=O)(=O)C(C)C. The van der Waals surface area contributed by atoms with E-state index in [2.05, 4.69) is 19.2 Å². The van der Waals surface area contributed by atoms with E-state index in [1.807, 2.05) is 0 Å². The van der Waals surface area contributed by atoms with Gasteiger partial charge in [-0.15, -0.1) is 0 Å². The highest BCUT2D eigenvalue weighted by Crippen LogP contribution is 2.00. The third kappa shape index (κ3) is 6.38. The first kappa shape index (κ1) is 13.9. The van der Waals surface area contributed by atoms with Crippen LogP contribution < -0.4 is 5.32 Å². The van der Waals surface area contributed by atoms with E-state index in [1.54, 1.807) is 13.8 Å². The van der Waals surface area contributed by atoms with Gasteiger partial charge in [0.05, 0.1) is 11.0 Å². The van der Waals surface area contributed by atoms with Crippen LogP contribution in [0.15, 0.2) is 0 Å². The summed E-state index contributed by atoms with van der Waals surface area (Å²) in [7, 11) is -2.86. The van der Waals surface area contributed by atoms with Crippen molar-refractivity contribution in [3.63, 3.8) is 0 Å². The fourth-order valence-corrected chi connectivity index (χ4v) is 1.87. The molecule has 0 aliphatic heterocycles. The first-order valence-electron chi connectivity index (χ1n) is 5.28. The smallest absolute Gasteiger partial charge is 0.153 e. The van der Waals surface area contributed by atoms with Crippen molar-refractivity contribution in [3.8, 4) is 0 Å². The molecule has 4 heteroatoms. The molecule has 0 radical (unpaired) electrons. The third-order valence-corrected chi connectivity index (χ3v) is 4.39. The Morgan fingerprint density at radius 2 is 1.64 bits per heavy atom.